The highest BCUT2D eigenvalue weighted by atomic mass is 32.2. The SMILES string of the molecule is NC(=O)N1CSc2cc(OC(F)(F)F)ccc21. The van der Waals surface area contributed by atoms with E-state index in [1.165, 1.54) is 28.8 Å². The van der Waals surface area contributed by atoms with E-state index in [1.54, 1.807) is 0 Å². The summed E-state index contributed by atoms with van der Waals surface area (Å²) in [6.07, 6.45) is -4.72. The summed E-state index contributed by atoms with van der Waals surface area (Å²) in [7, 11) is 0. The van der Waals surface area contributed by atoms with Crippen molar-refractivity contribution in [3.05, 3.63) is 18.2 Å². The fraction of sp³-hybridized carbons (Fsp3) is 0.222. The van der Waals surface area contributed by atoms with Crippen LogP contribution in [0.5, 0.6) is 5.75 Å². The van der Waals surface area contributed by atoms with Crippen LogP contribution in [-0.2, 0) is 0 Å². The number of anilines is 1. The van der Waals surface area contributed by atoms with E-state index in [0.717, 1.165) is 6.07 Å². The monoisotopic (exact) mass is 264 g/mol. The van der Waals surface area contributed by atoms with Gasteiger partial charge in [-0.2, -0.15) is 0 Å². The van der Waals surface area contributed by atoms with E-state index in [4.69, 9.17) is 5.73 Å². The van der Waals surface area contributed by atoms with Gasteiger partial charge in [-0.3, -0.25) is 4.90 Å². The lowest BCUT2D eigenvalue weighted by molar-refractivity contribution is -0.274. The van der Waals surface area contributed by atoms with Gasteiger partial charge < -0.3 is 10.5 Å². The highest BCUT2D eigenvalue weighted by Crippen LogP contribution is 2.41. The Bertz CT molecular complexity index is 464. The molecular formula is C9H7F3N2O2S. The molecule has 92 valence electrons. The van der Waals surface area contributed by atoms with E-state index >= 15 is 0 Å². The first-order valence-corrected chi connectivity index (χ1v) is 5.45. The minimum atomic E-state index is -4.72. The third kappa shape index (κ3) is 2.57. The van der Waals surface area contributed by atoms with E-state index in [-0.39, 0.29) is 5.75 Å². The maximum absolute atomic E-state index is 12.0. The van der Waals surface area contributed by atoms with Gasteiger partial charge in [0, 0.05) is 4.90 Å². The Morgan fingerprint density at radius 2 is 2.18 bits per heavy atom. The number of thioether (sulfide) groups is 1. The summed E-state index contributed by atoms with van der Waals surface area (Å²) in [4.78, 5) is 12.8. The molecule has 0 spiro atoms. The number of nitrogens with zero attached hydrogens (tertiary/aromatic N) is 1. The predicted molar refractivity (Wildman–Crippen MR) is 55.9 cm³/mol. The summed E-state index contributed by atoms with van der Waals surface area (Å²) >= 11 is 1.22. The van der Waals surface area contributed by atoms with E-state index in [1.807, 2.05) is 0 Å². The Balaban J connectivity index is 2.25. The summed E-state index contributed by atoms with van der Waals surface area (Å²) in [6.45, 7) is 0. The van der Waals surface area contributed by atoms with Crippen LogP contribution in [0.3, 0.4) is 0 Å². The molecule has 0 unspecified atom stereocenters. The van der Waals surface area contributed by atoms with E-state index < -0.39 is 12.4 Å². The number of carbonyl (C=O) groups is 1. The van der Waals surface area contributed by atoms with Crippen molar-refractivity contribution >= 4 is 23.5 Å². The van der Waals surface area contributed by atoms with Crippen molar-refractivity contribution in [1.82, 2.24) is 0 Å². The van der Waals surface area contributed by atoms with E-state index in [2.05, 4.69) is 4.74 Å². The number of amides is 2. The molecule has 1 aromatic carbocycles. The molecule has 4 nitrogen and oxygen atoms in total. The third-order valence-electron chi connectivity index (χ3n) is 2.07. The molecule has 1 aliphatic heterocycles. The number of fused-ring (bicyclic) bond motifs is 1. The first kappa shape index (κ1) is 11.9. The van der Waals surface area contributed by atoms with Gasteiger partial charge in [0.15, 0.2) is 0 Å². The Kier molecular flexibility index (Phi) is 2.82. The van der Waals surface area contributed by atoms with E-state index in [0.29, 0.717) is 16.5 Å². The van der Waals surface area contributed by atoms with Crippen LogP contribution in [0.15, 0.2) is 23.1 Å². The molecule has 0 fully saturated rings. The molecule has 0 aromatic heterocycles. The minimum Gasteiger partial charge on any atom is -0.406 e. The Labute approximate surface area is 98.5 Å². The maximum Gasteiger partial charge on any atom is 0.573 e. The lowest BCUT2D eigenvalue weighted by atomic mass is 10.3. The van der Waals surface area contributed by atoms with Gasteiger partial charge in [-0.25, -0.2) is 4.79 Å². The van der Waals surface area contributed by atoms with Gasteiger partial charge in [-0.15, -0.1) is 24.9 Å². The molecule has 2 N–H and O–H groups in total. The largest absolute Gasteiger partial charge is 0.573 e. The number of primary amides is 1. The molecule has 0 aliphatic carbocycles. The second-order valence-corrected chi connectivity index (χ2v) is 4.20. The molecule has 8 heteroatoms. The summed E-state index contributed by atoms with van der Waals surface area (Å²) in [5.41, 5.74) is 5.61. The zero-order valence-corrected chi connectivity index (χ0v) is 9.14. The number of benzene rings is 1. The van der Waals surface area contributed by atoms with Crippen LogP contribution >= 0.6 is 11.8 Å². The molecule has 17 heavy (non-hydrogen) atoms. The number of carbonyl (C=O) groups excluding carboxylic acids is 1. The standard InChI is InChI=1S/C9H7F3N2O2S/c10-9(11,12)16-5-1-2-6-7(3-5)17-4-14(6)8(13)15/h1-3H,4H2,(H2,13,15). The number of ether oxygens (including phenoxy) is 1. The molecule has 2 rings (SSSR count). The van der Waals surface area contributed by atoms with Gasteiger partial charge in [0.25, 0.3) is 0 Å². The number of nitrogens with two attached hydrogens (primary N) is 1. The fourth-order valence-corrected chi connectivity index (χ4v) is 2.48. The fourth-order valence-electron chi connectivity index (χ4n) is 1.42. The highest BCUT2D eigenvalue weighted by Gasteiger charge is 2.32. The van der Waals surface area contributed by atoms with Crippen molar-refractivity contribution in [3.63, 3.8) is 0 Å². The van der Waals surface area contributed by atoms with E-state index in [9.17, 15) is 18.0 Å². The zero-order chi connectivity index (χ0) is 12.6. The minimum absolute atomic E-state index is 0.292. The predicted octanol–water partition coefficient (Wildman–Crippen LogP) is 2.53. The van der Waals surface area contributed by atoms with Crippen molar-refractivity contribution in [2.45, 2.75) is 11.3 Å². The lowest BCUT2D eigenvalue weighted by Gasteiger charge is -2.13. The molecule has 0 atom stereocenters. The number of hydrogen-bond donors (Lipinski definition) is 1. The Hall–Kier alpha value is -1.57. The number of alkyl halides is 3. The first-order chi connectivity index (χ1) is 7.87. The average molecular weight is 264 g/mol. The molecule has 1 aliphatic rings. The summed E-state index contributed by atoms with van der Waals surface area (Å²) in [6, 6.07) is 3.12. The van der Waals surface area contributed by atoms with Crippen molar-refractivity contribution < 1.29 is 22.7 Å². The van der Waals surface area contributed by atoms with Crippen molar-refractivity contribution in [2.24, 2.45) is 5.73 Å². The molecule has 1 heterocycles. The summed E-state index contributed by atoms with van der Waals surface area (Å²) in [5, 5.41) is 0. The number of halogens is 3. The quantitative estimate of drug-likeness (QED) is 0.848. The van der Waals surface area contributed by atoms with Crippen LogP contribution in [0, 0.1) is 0 Å². The van der Waals surface area contributed by atoms with Crippen LogP contribution in [0.1, 0.15) is 0 Å². The van der Waals surface area contributed by atoms with Crippen molar-refractivity contribution in [3.8, 4) is 5.75 Å². The van der Waals surface area contributed by atoms with Crippen LogP contribution in [-0.4, -0.2) is 18.3 Å². The molecule has 2 amide bonds. The maximum atomic E-state index is 12.0. The smallest absolute Gasteiger partial charge is 0.406 e. The van der Waals surface area contributed by atoms with Crippen molar-refractivity contribution in [2.75, 3.05) is 10.8 Å². The normalized spacial score (nSPS) is 14.6. The van der Waals surface area contributed by atoms with Crippen molar-refractivity contribution in [1.29, 1.82) is 0 Å². The molecule has 1 aromatic rings. The Morgan fingerprint density at radius 1 is 1.47 bits per heavy atom. The molecule has 0 saturated carbocycles. The van der Waals surface area contributed by atoms with Gasteiger partial charge in [0.05, 0.1) is 11.6 Å². The lowest BCUT2D eigenvalue weighted by Crippen LogP contribution is -2.33. The molecule has 0 bridgehead atoms. The Morgan fingerprint density at radius 3 is 2.76 bits per heavy atom. The van der Waals surface area contributed by atoms with Gasteiger partial charge in [0.2, 0.25) is 0 Å². The number of rotatable bonds is 1. The topological polar surface area (TPSA) is 55.6 Å². The van der Waals surface area contributed by atoms with Crippen LogP contribution < -0.4 is 15.4 Å². The summed E-state index contributed by atoms with van der Waals surface area (Å²) in [5.74, 6) is -0.0183. The van der Waals surface area contributed by atoms with Gasteiger partial charge in [0.1, 0.15) is 5.75 Å². The van der Waals surface area contributed by atoms with Gasteiger partial charge in [-0.1, -0.05) is 0 Å². The summed E-state index contributed by atoms with van der Waals surface area (Å²) < 4.78 is 39.7. The van der Waals surface area contributed by atoms with Crippen LogP contribution in [0.25, 0.3) is 0 Å². The number of hydrogen-bond acceptors (Lipinski definition) is 3. The van der Waals surface area contributed by atoms with Crippen LogP contribution in [0.2, 0.25) is 0 Å². The first-order valence-electron chi connectivity index (χ1n) is 4.46. The highest BCUT2D eigenvalue weighted by molar-refractivity contribution is 8.00. The third-order valence-corrected chi connectivity index (χ3v) is 3.10. The molecule has 0 saturated heterocycles. The second-order valence-electron chi connectivity index (χ2n) is 3.22. The molecular weight excluding hydrogens is 257 g/mol. The van der Waals surface area contributed by atoms with Crippen LogP contribution in [0.4, 0.5) is 23.7 Å². The second kappa shape index (κ2) is 4.02. The van der Waals surface area contributed by atoms with Gasteiger partial charge in [-0.05, 0) is 18.2 Å². The average Bonchev–Trinajstić information content (AvgIpc) is 2.57. The van der Waals surface area contributed by atoms with Gasteiger partial charge >= 0.3 is 12.4 Å². The number of urea groups is 1. The molecule has 0 radical (unpaired) electrons. The zero-order valence-electron chi connectivity index (χ0n) is 8.32.